The molecule has 0 radical (unpaired) electrons. The second kappa shape index (κ2) is 6.89. The highest BCUT2D eigenvalue weighted by Crippen LogP contribution is 2.21. The molecule has 0 saturated heterocycles. The third-order valence-electron chi connectivity index (χ3n) is 3.87. The zero-order chi connectivity index (χ0) is 14.5. The van der Waals surface area contributed by atoms with Crippen LogP contribution in [0.4, 0.5) is 0 Å². The summed E-state index contributed by atoms with van der Waals surface area (Å²) >= 11 is 0. The van der Waals surface area contributed by atoms with Gasteiger partial charge in [0, 0.05) is 18.5 Å². The second-order valence-corrected chi connectivity index (χ2v) is 5.99. The molecule has 1 aromatic heterocycles. The van der Waals surface area contributed by atoms with Gasteiger partial charge in [-0.2, -0.15) is 5.10 Å². The second-order valence-electron chi connectivity index (χ2n) is 5.99. The van der Waals surface area contributed by atoms with Crippen molar-refractivity contribution >= 4 is 10.9 Å². The number of nitrogens with one attached hydrogen (secondary N) is 1. The summed E-state index contributed by atoms with van der Waals surface area (Å²) in [6.07, 6.45) is 3.45. The normalized spacial score (nSPS) is 14.6. The molecule has 2 unspecified atom stereocenters. The van der Waals surface area contributed by atoms with E-state index in [9.17, 15) is 0 Å². The lowest BCUT2D eigenvalue weighted by atomic mass is 9.96. The summed E-state index contributed by atoms with van der Waals surface area (Å²) in [5, 5.41) is 9.56. The van der Waals surface area contributed by atoms with Gasteiger partial charge in [-0.05, 0) is 44.7 Å². The standard InChI is InChI=1S/C17H27N3/c1-5-10-18-14(3)11-13(2)12-16-15-8-6-7-9-17(15)20(4)19-16/h6-9,13-14,18H,5,10-12H2,1-4H3. The fourth-order valence-corrected chi connectivity index (χ4v) is 2.93. The Hall–Kier alpha value is -1.35. The van der Waals surface area contributed by atoms with Crippen LogP contribution < -0.4 is 5.32 Å². The average molecular weight is 273 g/mol. The molecule has 0 amide bonds. The minimum absolute atomic E-state index is 0.583. The summed E-state index contributed by atoms with van der Waals surface area (Å²) in [6.45, 7) is 7.93. The van der Waals surface area contributed by atoms with Crippen molar-refractivity contribution in [2.75, 3.05) is 6.54 Å². The van der Waals surface area contributed by atoms with Crippen molar-refractivity contribution in [3.8, 4) is 0 Å². The molecule has 0 aliphatic rings. The Morgan fingerprint density at radius 3 is 2.75 bits per heavy atom. The molecule has 3 nitrogen and oxygen atoms in total. The highest BCUT2D eigenvalue weighted by Gasteiger charge is 2.13. The van der Waals surface area contributed by atoms with Gasteiger partial charge in [0.25, 0.3) is 0 Å². The summed E-state index contributed by atoms with van der Waals surface area (Å²) < 4.78 is 2.00. The van der Waals surface area contributed by atoms with E-state index in [1.54, 1.807) is 0 Å². The Kier molecular flexibility index (Phi) is 5.18. The molecule has 2 rings (SSSR count). The first-order chi connectivity index (χ1) is 9.61. The minimum atomic E-state index is 0.583. The smallest absolute Gasteiger partial charge is 0.0705 e. The molecule has 0 spiro atoms. The number of aryl methyl sites for hydroxylation is 1. The van der Waals surface area contributed by atoms with Crippen molar-refractivity contribution in [2.45, 2.75) is 46.1 Å². The van der Waals surface area contributed by atoms with Gasteiger partial charge in [0.05, 0.1) is 11.2 Å². The third kappa shape index (κ3) is 3.60. The molecular formula is C17H27N3. The number of benzene rings is 1. The summed E-state index contributed by atoms with van der Waals surface area (Å²) in [5.41, 5.74) is 2.46. The summed E-state index contributed by atoms with van der Waals surface area (Å²) in [4.78, 5) is 0. The van der Waals surface area contributed by atoms with Crippen LogP contribution in [0.15, 0.2) is 24.3 Å². The molecular weight excluding hydrogens is 246 g/mol. The van der Waals surface area contributed by atoms with E-state index < -0.39 is 0 Å². The van der Waals surface area contributed by atoms with Crippen molar-refractivity contribution in [1.29, 1.82) is 0 Å². The van der Waals surface area contributed by atoms with Gasteiger partial charge in [-0.25, -0.2) is 0 Å². The summed E-state index contributed by atoms with van der Waals surface area (Å²) in [5.74, 6) is 0.646. The third-order valence-corrected chi connectivity index (χ3v) is 3.87. The van der Waals surface area contributed by atoms with Gasteiger partial charge >= 0.3 is 0 Å². The first kappa shape index (κ1) is 15.0. The number of nitrogens with zero attached hydrogens (tertiary/aromatic N) is 2. The van der Waals surface area contributed by atoms with Crippen LogP contribution in [-0.2, 0) is 13.5 Å². The molecule has 3 heteroatoms. The van der Waals surface area contributed by atoms with Crippen molar-refractivity contribution in [3.63, 3.8) is 0 Å². The fraction of sp³-hybridized carbons (Fsp3) is 0.588. The Balaban J connectivity index is 2.01. The van der Waals surface area contributed by atoms with Crippen LogP contribution in [0.5, 0.6) is 0 Å². The van der Waals surface area contributed by atoms with Gasteiger partial charge in [0.1, 0.15) is 0 Å². The Morgan fingerprint density at radius 2 is 2.00 bits per heavy atom. The monoisotopic (exact) mass is 273 g/mol. The molecule has 1 heterocycles. The van der Waals surface area contributed by atoms with Crippen LogP contribution in [0.2, 0.25) is 0 Å². The average Bonchev–Trinajstić information content (AvgIpc) is 2.73. The van der Waals surface area contributed by atoms with E-state index in [-0.39, 0.29) is 0 Å². The molecule has 0 bridgehead atoms. The number of aromatic nitrogens is 2. The molecule has 0 fully saturated rings. The maximum absolute atomic E-state index is 4.70. The van der Waals surface area contributed by atoms with Crippen molar-refractivity contribution in [3.05, 3.63) is 30.0 Å². The van der Waals surface area contributed by atoms with Gasteiger partial charge in [0.15, 0.2) is 0 Å². The molecule has 2 atom stereocenters. The van der Waals surface area contributed by atoms with Crippen LogP contribution >= 0.6 is 0 Å². The lowest BCUT2D eigenvalue weighted by Crippen LogP contribution is -2.28. The molecule has 0 saturated carbocycles. The van der Waals surface area contributed by atoms with Gasteiger partial charge in [0.2, 0.25) is 0 Å². The van der Waals surface area contributed by atoms with Gasteiger partial charge in [-0.15, -0.1) is 0 Å². The molecule has 110 valence electrons. The number of hydrogen-bond donors (Lipinski definition) is 1. The van der Waals surface area contributed by atoms with Crippen molar-refractivity contribution < 1.29 is 0 Å². The molecule has 1 N–H and O–H groups in total. The predicted molar refractivity (Wildman–Crippen MR) is 86.0 cm³/mol. The molecule has 20 heavy (non-hydrogen) atoms. The first-order valence-electron chi connectivity index (χ1n) is 7.75. The SMILES string of the molecule is CCCNC(C)CC(C)Cc1nn(C)c2ccccc12. The maximum atomic E-state index is 4.70. The number of rotatable bonds is 7. The van der Waals surface area contributed by atoms with Gasteiger partial charge in [-0.1, -0.05) is 32.0 Å². The van der Waals surface area contributed by atoms with Gasteiger partial charge < -0.3 is 5.32 Å². The van der Waals surface area contributed by atoms with E-state index in [4.69, 9.17) is 5.10 Å². The molecule has 0 aliphatic heterocycles. The van der Waals surface area contributed by atoms with E-state index in [2.05, 4.69) is 50.4 Å². The van der Waals surface area contributed by atoms with E-state index in [1.807, 2.05) is 11.7 Å². The van der Waals surface area contributed by atoms with Crippen LogP contribution in [0.3, 0.4) is 0 Å². The van der Waals surface area contributed by atoms with Crippen LogP contribution in [0.25, 0.3) is 10.9 Å². The fourth-order valence-electron chi connectivity index (χ4n) is 2.93. The topological polar surface area (TPSA) is 29.9 Å². The molecule has 2 aromatic rings. The van der Waals surface area contributed by atoms with Crippen LogP contribution in [0.1, 0.15) is 39.3 Å². The predicted octanol–water partition coefficient (Wildman–Crippen LogP) is 3.53. The molecule has 1 aromatic carbocycles. The van der Waals surface area contributed by atoms with Crippen LogP contribution in [0, 0.1) is 5.92 Å². The molecule has 0 aliphatic carbocycles. The lowest BCUT2D eigenvalue weighted by molar-refractivity contribution is 0.417. The largest absolute Gasteiger partial charge is 0.314 e. The van der Waals surface area contributed by atoms with Gasteiger partial charge in [-0.3, -0.25) is 4.68 Å². The van der Waals surface area contributed by atoms with E-state index >= 15 is 0 Å². The summed E-state index contributed by atoms with van der Waals surface area (Å²) in [6, 6.07) is 9.09. The quantitative estimate of drug-likeness (QED) is 0.836. The Bertz CT molecular complexity index is 544. The Labute approximate surface area is 122 Å². The first-order valence-corrected chi connectivity index (χ1v) is 7.75. The van der Waals surface area contributed by atoms with E-state index in [0.717, 1.165) is 13.0 Å². The Morgan fingerprint density at radius 1 is 1.25 bits per heavy atom. The number of fused-ring (bicyclic) bond motifs is 1. The highest BCUT2D eigenvalue weighted by atomic mass is 15.3. The van der Waals surface area contributed by atoms with Crippen LogP contribution in [-0.4, -0.2) is 22.4 Å². The van der Waals surface area contributed by atoms with Crippen molar-refractivity contribution in [2.24, 2.45) is 13.0 Å². The highest BCUT2D eigenvalue weighted by molar-refractivity contribution is 5.81. The lowest BCUT2D eigenvalue weighted by Gasteiger charge is -2.17. The van der Waals surface area contributed by atoms with E-state index in [1.165, 1.54) is 29.4 Å². The summed E-state index contributed by atoms with van der Waals surface area (Å²) in [7, 11) is 2.03. The zero-order valence-corrected chi connectivity index (χ0v) is 13.2. The number of para-hydroxylation sites is 1. The zero-order valence-electron chi connectivity index (χ0n) is 13.2. The van der Waals surface area contributed by atoms with Crippen molar-refractivity contribution in [1.82, 2.24) is 15.1 Å². The maximum Gasteiger partial charge on any atom is 0.0705 e. The minimum Gasteiger partial charge on any atom is -0.314 e. The number of hydrogen-bond acceptors (Lipinski definition) is 2. The van der Waals surface area contributed by atoms with E-state index in [0.29, 0.717) is 12.0 Å².